The molecule has 25 heavy (non-hydrogen) atoms. The maximum atomic E-state index is 12.3. The normalized spacial score (nSPS) is 15.9. The number of rotatable bonds is 3. The number of aromatic hydroxyl groups is 1. The number of fused-ring (bicyclic) bond motifs is 1. The maximum Gasteiger partial charge on any atom is 0.255 e. The highest BCUT2D eigenvalue weighted by Gasteiger charge is 2.30. The number of nitrogens with zero attached hydrogens (tertiary/aromatic N) is 2. The number of ether oxygens (including phenoxy) is 1. The molecule has 1 aliphatic heterocycles. The van der Waals surface area contributed by atoms with Crippen LogP contribution in [-0.4, -0.2) is 33.5 Å². The van der Waals surface area contributed by atoms with E-state index < -0.39 is 6.17 Å². The van der Waals surface area contributed by atoms with Gasteiger partial charge in [0.2, 0.25) is 0 Å². The minimum atomic E-state index is -0.621. The van der Waals surface area contributed by atoms with Crippen molar-refractivity contribution in [1.29, 1.82) is 0 Å². The van der Waals surface area contributed by atoms with Gasteiger partial charge in [0.1, 0.15) is 29.1 Å². The van der Waals surface area contributed by atoms with Gasteiger partial charge in [0.05, 0.1) is 18.4 Å². The number of aromatic amines is 1. The Morgan fingerprint density at radius 3 is 2.64 bits per heavy atom. The van der Waals surface area contributed by atoms with E-state index in [9.17, 15) is 9.90 Å². The van der Waals surface area contributed by atoms with Crippen LogP contribution >= 0.6 is 0 Å². The number of benzene rings is 2. The van der Waals surface area contributed by atoms with Crippen LogP contribution in [0.4, 0.5) is 5.69 Å². The fourth-order valence-electron chi connectivity index (χ4n) is 2.81. The number of phenolic OH excluding ortho intramolecular Hbond substituents is 1. The molecule has 0 saturated heterocycles. The number of H-pyrrole nitrogens is 1. The van der Waals surface area contributed by atoms with E-state index in [0.717, 1.165) is 11.3 Å². The van der Waals surface area contributed by atoms with Crippen LogP contribution < -0.4 is 15.4 Å². The number of aromatic nitrogens is 3. The zero-order valence-corrected chi connectivity index (χ0v) is 13.3. The van der Waals surface area contributed by atoms with Crippen LogP contribution in [0, 0.1) is 0 Å². The van der Waals surface area contributed by atoms with E-state index in [-0.39, 0.29) is 11.7 Å². The van der Waals surface area contributed by atoms with Gasteiger partial charge in [0.15, 0.2) is 0 Å². The van der Waals surface area contributed by atoms with E-state index in [2.05, 4.69) is 26.0 Å². The molecule has 0 bridgehead atoms. The Hall–Kier alpha value is -3.55. The first-order valence-electron chi connectivity index (χ1n) is 7.62. The number of hydrogen-bond acceptors (Lipinski definition) is 6. The summed E-state index contributed by atoms with van der Waals surface area (Å²) >= 11 is 0. The lowest BCUT2D eigenvalue weighted by atomic mass is 10.0. The van der Waals surface area contributed by atoms with Gasteiger partial charge in [-0.3, -0.25) is 4.79 Å². The Labute approximate surface area is 142 Å². The Morgan fingerprint density at radius 1 is 1.08 bits per heavy atom. The SMILES string of the molecule is COc1ccc(-c2n[nH]nc2C2NC(=O)c3cccc(O)c3N2)cc1. The lowest BCUT2D eigenvalue weighted by Crippen LogP contribution is -2.39. The number of anilines is 1. The smallest absolute Gasteiger partial charge is 0.255 e. The van der Waals surface area contributed by atoms with E-state index in [1.54, 1.807) is 19.2 Å². The van der Waals surface area contributed by atoms with Crippen LogP contribution in [0.15, 0.2) is 42.5 Å². The van der Waals surface area contributed by atoms with Gasteiger partial charge in [-0.2, -0.15) is 15.4 Å². The van der Waals surface area contributed by atoms with Gasteiger partial charge in [-0.15, -0.1) is 0 Å². The van der Waals surface area contributed by atoms with E-state index in [1.807, 2.05) is 24.3 Å². The van der Waals surface area contributed by atoms with Crippen molar-refractivity contribution in [2.75, 3.05) is 12.4 Å². The summed E-state index contributed by atoms with van der Waals surface area (Å²) < 4.78 is 5.16. The van der Waals surface area contributed by atoms with E-state index in [1.165, 1.54) is 6.07 Å². The third-order valence-corrected chi connectivity index (χ3v) is 4.06. The highest BCUT2D eigenvalue weighted by molar-refractivity contribution is 6.03. The molecule has 126 valence electrons. The van der Waals surface area contributed by atoms with Crippen LogP contribution in [0.2, 0.25) is 0 Å². The summed E-state index contributed by atoms with van der Waals surface area (Å²) in [6.07, 6.45) is -0.621. The Kier molecular flexibility index (Phi) is 3.50. The minimum absolute atomic E-state index is 0.00634. The van der Waals surface area contributed by atoms with Crippen LogP contribution in [0.5, 0.6) is 11.5 Å². The molecule has 8 heteroatoms. The number of carbonyl (C=O) groups excluding carboxylic acids is 1. The van der Waals surface area contributed by atoms with Crippen molar-refractivity contribution in [2.45, 2.75) is 6.17 Å². The molecule has 0 radical (unpaired) electrons. The van der Waals surface area contributed by atoms with Crippen LogP contribution in [0.25, 0.3) is 11.3 Å². The summed E-state index contributed by atoms with van der Waals surface area (Å²) in [7, 11) is 1.60. The van der Waals surface area contributed by atoms with Crippen molar-refractivity contribution in [3.63, 3.8) is 0 Å². The van der Waals surface area contributed by atoms with Crippen molar-refractivity contribution >= 4 is 11.6 Å². The van der Waals surface area contributed by atoms with Gasteiger partial charge >= 0.3 is 0 Å². The molecular weight excluding hydrogens is 322 g/mol. The van der Waals surface area contributed by atoms with Crippen molar-refractivity contribution in [3.8, 4) is 22.8 Å². The van der Waals surface area contributed by atoms with Gasteiger partial charge in [0, 0.05) is 5.56 Å². The second-order valence-electron chi connectivity index (χ2n) is 5.54. The van der Waals surface area contributed by atoms with Gasteiger partial charge in [0.25, 0.3) is 5.91 Å². The Balaban J connectivity index is 1.71. The van der Waals surface area contributed by atoms with Crippen molar-refractivity contribution in [1.82, 2.24) is 20.7 Å². The molecule has 0 aliphatic carbocycles. The zero-order chi connectivity index (χ0) is 17.4. The number of para-hydroxylation sites is 1. The number of phenols is 1. The third kappa shape index (κ3) is 2.53. The first-order valence-corrected chi connectivity index (χ1v) is 7.62. The van der Waals surface area contributed by atoms with E-state index in [0.29, 0.717) is 22.6 Å². The lowest BCUT2D eigenvalue weighted by molar-refractivity contribution is 0.0934. The largest absolute Gasteiger partial charge is 0.506 e. The van der Waals surface area contributed by atoms with Crippen LogP contribution in [0.1, 0.15) is 22.2 Å². The molecule has 0 saturated carbocycles. The van der Waals surface area contributed by atoms with Crippen molar-refractivity contribution in [2.24, 2.45) is 0 Å². The molecule has 3 aromatic rings. The topological polar surface area (TPSA) is 112 Å². The third-order valence-electron chi connectivity index (χ3n) is 4.06. The van der Waals surface area contributed by atoms with E-state index in [4.69, 9.17) is 4.74 Å². The summed E-state index contributed by atoms with van der Waals surface area (Å²) in [6, 6.07) is 12.1. The molecule has 8 nitrogen and oxygen atoms in total. The number of hydrogen-bond donors (Lipinski definition) is 4. The maximum absolute atomic E-state index is 12.3. The van der Waals surface area contributed by atoms with Crippen LogP contribution in [0.3, 0.4) is 0 Å². The Morgan fingerprint density at radius 2 is 1.88 bits per heavy atom. The van der Waals surface area contributed by atoms with E-state index >= 15 is 0 Å². The number of methoxy groups -OCH3 is 1. The first-order chi connectivity index (χ1) is 12.2. The van der Waals surface area contributed by atoms with Gasteiger partial charge in [-0.05, 0) is 36.4 Å². The summed E-state index contributed by atoms with van der Waals surface area (Å²) in [5, 5.41) is 26.9. The molecular formula is C17H15N5O3. The molecule has 1 aromatic heterocycles. The summed E-state index contributed by atoms with van der Waals surface area (Å²) in [4.78, 5) is 12.3. The number of amides is 1. The summed E-state index contributed by atoms with van der Waals surface area (Å²) in [5.74, 6) is 0.446. The molecule has 2 aromatic carbocycles. The van der Waals surface area contributed by atoms with Crippen molar-refractivity contribution in [3.05, 3.63) is 53.7 Å². The lowest BCUT2D eigenvalue weighted by Gasteiger charge is -2.27. The van der Waals surface area contributed by atoms with Gasteiger partial charge in [-0.25, -0.2) is 0 Å². The standard InChI is InChI=1S/C17H15N5O3/c1-25-10-7-5-9(6-8-10)13-15(21-22-20-13)16-18-14-11(17(24)19-16)3-2-4-12(14)23/h2-8,16,18,23H,1H3,(H,19,24)(H,20,21,22). The minimum Gasteiger partial charge on any atom is -0.506 e. The molecule has 4 rings (SSSR count). The van der Waals surface area contributed by atoms with Crippen molar-refractivity contribution < 1.29 is 14.6 Å². The van der Waals surface area contributed by atoms with Gasteiger partial charge < -0.3 is 20.5 Å². The predicted octanol–water partition coefficient (Wildman–Crippen LogP) is 2.04. The second-order valence-corrected chi connectivity index (χ2v) is 5.54. The first kappa shape index (κ1) is 15.0. The number of nitrogens with one attached hydrogen (secondary N) is 3. The fourth-order valence-corrected chi connectivity index (χ4v) is 2.81. The van der Waals surface area contributed by atoms with Gasteiger partial charge in [-0.1, -0.05) is 6.07 Å². The second kappa shape index (κ2) is 5.82. The number of carbonyl (C=O) groups is 1. The molecule has 0 spiro atoms. The zero-order valence-electron chi connectivity index (χ0n) is 13.3. The summed E-state index contributed by atoms with van der Waals surface area (Å²) in [5.41, 5.74) is 2.70. The fraction of sp³-hybridized carbons (Fsp3) is 0.118. The molecule has 2 heterocycles. The quantitative estimate of drug-likeness (QED) is 0.544. The molecule has 1 atom stereocenters. The highest BCUT2D eigenvalue weighted by Crippen LogP contribution is 2.35. The Bertz CT molecular complexity index is 936. The predicted molar refractivity (Wildman–Crippen MR) is 90.3 cm³/mol. The average Bonchev–Trinajstić information content (AvgIpc) is 3.12. The average molecular weight is 337 g/mol. The molecule has 1 amide bonds. The molecule has 4 N–H and O–H groups in total. The highest BCUT2D eigenvalue weighted by atomic mass is 16.5. The molecule has 1 aliphatic rings. The monoisotopic (exact) mass is 337 g/mol. The van der Waals surface area contributed by atoms with Crippen LogP contribution in [-0.2, 0) is 0 Å². The molecule has 1 unspecified atom stereocenters. The molecule has 0 fully saturated rings. The summed E-state index contributed by atoms with van der Waals surface area (Å²) in [6.45, 7) is 0.